The zero-order valence-corrected chi connectivity index (χ0v) is 23.0. The summed E-state index contributed by atoms with van der Waals surface area (Å²) in [5.74, 6) is 0.793. The SMILES string of the molecule is [C-]#[N+]c1cnc2oc(-c3ccc(O)cc3)c(-c3ccccc3)c2c1NCCN1CCN(C(=O)OC(C)(C)C)CC1. The van der Waals surface area contributed by atoms with Gasteiger partial charge in [-0.25, -0.2) is 14.6 Å². The number of fused-ring (bicyclic) bond motifs is 1. The van der Waals surface area contributed by atoms with Gasteiger partial charge in [0.1, 0.15) is 17.1 Å². The van der Waals surface area contributed by atoms with E-state index in [0.29, 0.717) is 42.5 Å². The number of aromatic nitrogens is 1. The number of pyridine rings is 1. The van der Waals surface area contributed by atoms with Gasteiger partial charge in [0, 0.05) is 56.6 Å². The second-order valence-electron chi connectivity index (χ2n) is 10.8. The molecule has 0 atom stereocenters. The lowest BCUT2D eigenvalue weighted by Gasteiger charge is -2.35. The van der Waals surface area contributed by atoms with Gasteiger partial charge < -0.3 is 24.5 Å². The Bertz CT molecular complexity index is 1530. The van der Waals surface area contributed by atoms with Crippen molar-refractivity contribution in [3.05, 3.63) is 72.2 Å². The number of hydrogen-bond donors (Lipinski definition) is 2. The zero-order chi connectivity index (χ0) is 28.3. The van der Waals surface area contributed by atoms with Gasteiger partial charge in [0.2, 0.25) is 11.4 Å². The van der Waals surface area contributed by atoms with E-state index in [2.05, 4.69) is 20.0 Å². The summed E-state index contributed by atoms with van der Waals surface area (Å²) in [7, 11) is 0. The first-order valence-corrected chi connectivity index (χ1v) is 13.4. The molecule has 0 saturated carbocycles. The highest BCUT2D eigenvalue weighted by atomic mass is 16.6. The average Bonchev–Trinajstić information content (AvgIpc) is 3.33. The Labute approximate surface area is 233 Å². The number of carbonyl (C=O) groups is 1. The number of benzene rings is 2. The molecule has 2 aromatic heterocycles. The predicted molar refractivity (Wildman–Crippen MR) is 156 cm³/mol. The summed E-state index contributed by atoms with van der Waals surface area (Å²) in [5.41, 5.74) is 3.60. The molecular weight excluding hydrogens is 506 g/mol. The van der Waals surface area contributed by atoms with Gasteiger partial charge in [-0.05, 0) is 50.6 Å². The first kappa shape index (κ1) is 27.0. The van der Waals surface area contributed by atoms with E-state index < -0.39 is 5.60 Å². The van der Waals surface area contributed by atoms with Crippen molar-refractivity contribution in [1.29, 1.82) is 0 Å². The van der Waals surface area contributed by atoms with Crippen molar-refractivity contribution in [1.82, 2.24) is 14.8 Å². The average molecular weight is 540 g/mol. The van der Waals surface area contributed by atoms with Crippen LogP contribution in [0.5, 0.6) is 5.75 Å². The highest BCUT2D eigenvalue weighted by molar-refractivity contribution is 6.10. The third kappa shape index (κ3) is 5.87. The molecule has 2 aromatic carbocycles. The summed E-state index contributed by atoms with van der Waals surface area (Å²) in [6.45, 7) is 17.5. The van der Waals surface area contributed by atoms with Crippen LogP contribution in [0, 0.1) is 6.57 Å². The van der Waals surface area contributed by atoms with Crippen molar-refractivity contribution in [2.45, 2.75) is 26.4 Å². The van der Waals surface area contributed by atoms with Gasteiger partial charge in [-0.3, -0.25) is 4.90 Å². The van der Waals surface area contributed by atoms with Crippen LogP contribution in [0.2, 0.25) is 0 Å². The van der Waals surface area contributed by atoms with E-state index in [1.165, 1.54) is 6.20 Å². The van der Waals surface area contributed by atoms with Crippen LogP contribution in [0.4, 0.5) is 16.2 Å². The minimum absolute atomic E-state index is 0.170. The van der Waals surface area contributed by atoms with Crippen LogP contribution in [-0.4, -0.2) is 70.9 Å². The number of nitrogens with zero attached hydrogens (tertiary/aromatic N) is 4. The van der Waals surface area contributed by atoms with Gasteiger partial charge >= 0.3 is 6.09 Å². The van der Waals surface area contributed by atoms with E-state index in [0.717, 1.165) is 41.7 Å². The van der Waals surface area contributed by atoms with Crippen LogP contribution in [-0.2, 0) is 4.74 Å². The fraction of sp³-hybridized carbons (Fsp3) is 0.323. The summed E-state index contributed by atoms with van der Waals surface area (Å²) in [6, 6.07) is 16.7. The summed E-state index contributed by atoms with van der Waals surface area (Å²) >= 11 is 0. The van der Waals surface area contributed by atoms with Crippen molar-refractivity contribution in [2.75, 3.05) is 44.6 Å². The summed E-state index contributed by atoms with van der Waals surface area (Å²) in [4.78, 5) is 24.7. The predicted octanol–water partition coefficient (Wildman–Crippen LogP) is 6.38. The van der Waals surface area contributed by atoms with Crippen molar-refractivity contribution in [3.8, 4) is 28.2 Å². The van der Waals surface area contributed by atoms with Crippen LogP contribution >= 0.6 is 0 Å². The molecule has 0 bridgehead atoms. The van der Waals surface area contributed by atoms with Crippen LogP contribution < -0.4 is 5.32 Å². The molecule has 9 heteroatoms. The Morgan fingerprint density at radius 3 is 2.42 bits per heavy atom. The second kappa shape index (κ2) is 11.3. The summed E-state index contributed by atoms with van der Waals surface area (Å²) < 4.78 is 11.8. The van der Waals surface area contributed by atoms with E-state index in [-0.39, 0.29) is 11.8 Å². The Morgan fingerprint density at radius 1 is 1.07 bits per heavy atom. The van der Waals surface area contributed by atoms with Gasteiger partial charge in [-0.15, -0.1) is 0 Å². The molecule has 4 aromatic rings. The lowest BCUT2D eigenvalue weighted by Crippen LogP contribution is -2.50. The summed E-state index contributed by atoms with van der Waals surface area (Å²) in [5, 5.41) is 14.1. The lowest BCUT2D eigenvalue weighted by molar-refractivity contribution is 0.0148. The van der Waals surface area contributed by atoms with Crippen LogP contribution in [0.1, 0.15) is 20.8 Å². The number of furan rings is 1. The molecule has 0 radical (unpaired) electrons. The van der Waals surface area contributed by atoms with E-state index in [1.54, 1.807) is 29.2 Å². The highest BCUT2D eigenvalue weighted by Gasteiger charge is 2.26. The van der Waals surface area contributed by atoms with Crippen LogP contribution in [0.25, 0.3) is 38.4 Å². The van der Waals surface area contributed by atoms with Gasteiger partial charge in [-0.1, -0.05) is 30.3 Å². The number of amides is 1. The van der Waals surface area contributed by atoms with E-state index >= 15 is 0 Å². The standard InChI is InChI=1S/C31H33N5O4/c1-31(2,3)40-30(38)36-18-16-35(17-19-36)15-14-33-27-24(32-4)20-34-29-26(27)25(21-8-6-5-7-9-21)28(39-29)22-10-12-23(37)13-11-22/h5-13,20,37H,14-19H2,1-3H3,(H,33,34). The third-order valence-electron chi connectivity index (χ3n) is 6.77. The van der Waals surface area contributed by atoms with Crippen molar-refractivity contribution >= 4 is 28.6 Å². The number of anilines is 1. The number of hydrogen-bond acceptors (Lipinski definition) is 7. The van der Waals surface area contributed by atoms with Crippen LogP contribution in [0.3, 0.4) is 0 Å². The second-order valence-corrected chi connectivity index (χ2v) is 10.8. The molecule has 0 spiro atoms. The Balaban J connectivity index is 1.39. The van der Waals surface area contributed by atoms with Crippen molar-refractivity contribution < 1.29 is 19.1 Å². The molecule has 1 saturated heterocycles. The Kier molecular flexibility index (Phi) is 7.63. The Hall–Kier alpha value is -4.55. The number of carbonyl (C=O) groups excluding carboxylic acids is 1. The van der Waals surface area contributed by atoms with Crippen molar-refractivity contribution in [3.63, 3.8) is 0 Å². The molecule has 0 unspecified atom stereocenters. The topological polar surface area (TPSA) is 95.4 Å². The minimum Gasteiger partial charge on any atom is -0.508 e. The van der Waals surface area contributed by atoms with Gasteiger partial charge in [0.05, 0.1) is 17.6 Å². The number of nitrogens with one attached hydrogen (secondary N) is 1. The number of piperazine rings is 1. The molecular formula is C31H33N5O4. The maximum absolute atomic E-state index is 12.4. The van der Waals surface area contributed by atoms with Gasteiger partial charge in [-0.2, -0.15) is 0 Å². The quantitative estimate of drug-likeness (QED) is 0.274. The maximum Gasteiger partial charge on any atom is 0.410 e. The molecule has 1 aliphatic rings. The number of phenolic OH excluding ortho intramolecular Hbond substituents is 1. The summed E-state index contributed by atoms with van der Waals surface area (Å²) in [6.07, 6.45) is 1.26. The molecule has 2 N–H and O–H groups in total. The zero-order valence-electron chi connectivity index (χ0n) is 23.0. The molecule has 1 fully saturated rings. The first-order chi connectivity index (χ1) is 19.2. The molecule has 9 nitrogen and oxygen atoms in total. The van der Waals surface area contributed by atoms with Gasteiger partial charge in [0.25, 0.3) is 0 Å². The lowest BCUT2D eigenvalue weighted by atomic mass is 9.98. The molecule has 40 heavy (non-hydrogen) atoms. The highest BCUT2D eigenvalue weighted by Crippen LogP contribution is 2.46. The molecule has 5 rings (SSSR count). The van der Waals surface area contributed by atoms with Crippen LogP contribution in [0.15, 0.2) is 65.2 Å². The normalized spacial score (nSPS) is 14.2. The number of ether oxygens (including phenoxy) is 1. The minimum atomic E-state index is -0.511. The molecule has 206 valence electrons. The smallest absolute Gasteiger partial charge is 0.410 e. The number of aromatic hydroxyl groups is 1. The molecule has 1 amide bonds. The fourth-order valence-corrected chi connectivity index (χ4v) is 4.83. The number of rotatable bonds is 6. The third-order valence-corrected chi connectivity index (χ3v) is 6.77. The van der Waals surface area contributed by atoms with E-state index in [9.17, 15) is 9.90 Å². The van der Waals surface area contributed by atoms with E-state index in [1.807, 2.05) is 51.1 Å². The largest absolute Gasteiger partial charge is 0.508 e. The van der Waals surface area contributed by atoms with Crippen molar-refractivity contribution in [2.24, 2.45) is 0 Å². The number of phenols is 1. The van der Waals surface area contributed by atoms with Gasteiger partial charge in [0.15, 0.2) is 0 Å². The Morgan fingerprint density at radius 2 is 1.77 bits per heavy atom. The monoisotopic (exact) mass is 539 g/mol. The molecule has 3 heterocycles. The molecule has 1 aliphatic heterocycles. The first-order valence-electron chi connectivity index (χ1n) is 13.4. The molecule has 0 aliphatic carbocycles. The van der Waals surface area contributed by atoms with E-state index in [4.69, 9.17) is 15.7 Å². The fourth-order valence-electron chi connectivity index (χ4n) is 4.83. The maximum atomic E-state index is 12.4.